The third kappa shape index (κ3) is 2.46. The fraction of sp³-hybridized carbons (Fsp3) is 0.467. The summed E-state index contributed by atoms with van der Waals surface area (Å²) in [4.78, 5) is 4.21. The SMILES string of the molecule is CCn1ncnc1CC(O)C1OCCc2ccccc21. The van der Waals surface area contributed by atoms with Crippen molar-refractivity contribution < 1.29 is 9.84 Å². The standard InChI is InChI=1S/C15H19N3O2/c1-2-18-14(16-10-17-18)9-13(19)15-12-6-4-3-5-11(12)7-8-20-15/h3-6,10,13,15,19H,2,7-9H2,1H3. The Bertz CT molecular complexity index is 582. The molecule has 0 saturated heterocycles. The summed E-state index contributed by atoms with van der Waals surface area (Å²) in [5, 5.41) is 14.6. The van der Waals surface area contributed by atoms with Crippen molar-refractivity contribution in [2.45, 2.75) is 38.5 Å². The summed E-state index contributed by atoms with van der Waals surface area (Å²) in [6.45, 7) is 3.42. The van der Waals surface area contributed by atoms with Crippen LogP contribution in [0.25, 0.3) is 0 Å². The first-order valence-corrected chi connectivity index (χ1v) is 7.03. The topological polar surface area (TPSA) is 60.2 Å². The van der Waals surface area contributed by atoms with Crippen LogP contribution in [0, 0.1) is 0 Å². The van der Waals surface area contributed by atoms with Crippen LogP contribution in [0.4, 0.5) is 0 Å². The molecule has 1 aromatic carbocycles. The minimum absolute atomic E-state index is 0.276. The fourth-order valence-corrected chi connectivity index (χ4v) is 2.75. The molecule has 3 rings (SSSR count). The molecule has 5 heteroatoms. The van der Waals surface area contributed by atoms with Gasteiger partial charge in [-0.1, -0.05) is 24.3 Å². The van der Waals surface area contributed by atoms with E-state index in [1.54, 1.807) is 4.68 Å². The summed E-state index contributed by atoms with van der Waals surface area (Å²) >= 11 is 0. The quantitative estimate of drug-likeness (QED) is 0.917. The lowest BCUT2D eigenvalue weighted by Crippen LogP contribution is -2.29. The molecular weight excluding hydrogens is 254 g/mol. The van der Waals surface area contributed by atoms with Gasteiger partial charge in [-0.05, 0) is 24.5 Å². The van der Waals surface area contributed by atoms with Crippen molar-refractivity contribution in [1.82, 2.24) is 14.8 Å². The van der Waals surface area contributed by atoms with Crippen molar-refractivity contribution in [1.29, 1.82) is 0 Å². The molecule has 0 saturated carbocycles. The number of rotatable bonds is 4. The van der Waals surface area contributed by atoms with E-state index in [0.717, 1.165) is 24.4 Å². The van der Waals surface area contributed by atoms with E-state index in [9.17, 15) is 5.11 Å². The van der Waals surface area contributed by atoms with Gasteiger partial charge in [0.15, 0.2) is 0 Å². The van der Waals surface area contributed by atoms with Gasteiger partial charge in [-0.25, -0.2) is 4.98 Å². The second-order valence-corrected chi connectivity index (χ2v) is 5.00. The van der Waals surface area contributed by atoms with Crippen LogP contribution in [0.5, 0.6) is 0 Å². The summed E-state index contributed by atoms with van der Waals surface area (Å²) in [6, 6.07) is 8.15. The van der Waals surface area contributed by atoms with Crippen molar-refractivity contribution in [2.75, 3.05) is 6.61 Å². The van der Waals surface area contributed by atoms with Gasteiger partial charge in [0.1, 0.15) is 18.3 Å². The average molecular weight is 273 g/mol. The molecule has 0 spiro atoms. The van der Waals surface area contributed by atoms with E-state index in [-0.39, 0.29) is 6.10 Å². The number of benzene rings is 1. The lowest BCUT2D eigenvalue weighted by atomic mass is 9.93. The monoisotopic (exact) mass is 273 g/mol. The highest BCUT2D eigenvalue weighted by Crippen LogP contribution is 2.30. The Hall–Kier alpha value is -1.72. The van der Waals surface area contributed by atoms with Crippen LogP contribution in [0.3, 0.4) is 0 Å². The number of fused-ring (bicyclic) bond motifs is 1. The van der Waals surface area contributed by atoms with E-state index in [4.69, 9.17) is 4.74 Å². The Kier molecular flexibility index (Phi) is 3.80. The third-order valence-corrected chi connectivity index (χ3v) is 3.77. The van der Waals surface area contributed by atoms with E-state index < -0.39 is 6.10 Å². The summed E-state index contributed by atoms with van der Waals surface area (Å²) in [5.74, 6) is 0.798. The Morgan fingerprint density at radius 1 is 1.45 bits per heavy atom. The Morgan fingerprint density at radius 2 is 2.30 bits per heavy atom. The zero-order valence-electron chi connectivity index (χ0n) is 11.6. The van der Waals surface area contributed by atoms with Crippen molar-refractivity contribution in [3.63, 3.8) is 0 Å². The Labute approximate surface area is 118 Å². The van der Waals surface area contributed by atoms with Gasteiger partial charge < -0.3 is 9.84 Å². The first kappa shape index (κ1) is 13.3. The Morgan fingerprint density at radius 3 is 3.15 bits per heavy atom. The predicted octanol–water partition coefficient (Wildman–Crippen LogP) is 1.52. The van der Waals surface area contributed by atoms with Gasteiger partial charge in [0.25, 0.3) is 0 Å². The van der Waals surface area contributed by atoms with E-state index in [1.165, 1.54) is 11.9 Å². The molecule has 0 radical (unpaired) electrons. The number of nitrogens with zero attached hydrogens (tertiary/aromatic N) is 3. The smallest absolute Gasteiger partial charge is 0.138 e. The Balaban J connectivity index is 1.80. The summed E-state index contributed by atoms with van der Waals surface area (Å²) in [6.07, 6.45) is 2.01. The van der Waals surface area contributed by atoms with Crippen LogP contribution in [0.2, 0.25) is 0 Å². The second kappa shape index (κ2) is 5.73. The second-order valence-electron chi connectivity index (χ2n) is 5.00. The number of hydrogen-bond donors (Lipinski definition) is 1. The number of ether oxygens (including phenoxy) is 1. The molecule has 1 aromatic heterocycles. The molecule has 106 valence electrons. The number of aliphatic hydroxyl groups excluding tert-OH is 1. The van der Waals surface area contributed by atoms with Crippen LogP contribution in [0.1, 0.15) is 30.0 Å². The highest BCUT2D eigenvalue weighted by atomic mass is 16.5. The van der Waals surface area contributed by atoms with Crippen LogP contribution in [0.15, 0.2) is 30.6 Å². The van der Waals surface area contributed by atoms with Crippen LogP contribution >= 0.6 is 0 Å². The molecule has 2 heterocycles. The molecule has 2 unspecified atom stereocenters. The molecular formula is C15H19N3O2. The number of hydrogen-bond acceptors (Lipinski definition) is 4. The van der Waals surface area contributed by atoms with Crippen molar-refractivity contribution in [3.8, 4) is 0 Å². The fourth-order valence-electron chi connectivity index (χ4n) is 2.75. The van der Waals surface area contributed by atoms with Crippen molar-refractivity contribution in [2.24, 2.45) is 0 Å². The molecule has 0 aliphatic carbocycles. The van der Waals surface area contributed by atoms with E-state index in [0.29, 0.717) is 13.0 Å². The van der Waals surface area contributed by atoms with Gasteiger partial charge in [0, 0.05) is 13.0 Å². The van der Waals surface area contributed by atoms with Crippen LogP contribution in [-0.2, 0) is 24.1 Å². The molecule has 20 heavy (non-hydrogen) atoms. The molecule has 0 fully saturated rings. The van der Waals surface area contributed by atoms with Gasteiger partial charge in [0.2, 0.25) is 0 Å². The number of aromatic nitrogens is 3. The average Bonchev–Trinajstić information content (AvgIpc) is 2.93. The lowest BCUT2D eigenvalue weighted by molar-refractivity contribution is -0.0470. The molecule has 1 aliphatic rings. The van der Waals surface area contributed by atoms with Gasteiger partial charge in [-0.2, -0.15) is 5.10 Å². The zero-order chi connectivity index (χ0) is 13.9. The summed E-state index contributed by atoms with van der Waals surface area (Å²) < 4.78 is 7.58. The largest absolute Gasteiger partial charge is 0.390 e. The molecule has 2 aromatic rings. The van der Waals surface area contributed by atoms with Crippen LogP contribution in [-0.4, -0.2) is 32.6 Å². The van der Waals surface area contributed by atoms with E-state index >= 15 is 0 Å². The maximum Gasteiger partial charge on any atom is 0.138 e. The molecule has 0 bridgehead atoms. The van der Waals surface area contributed by atoms with Gasteiger partial charge >= 0.3 is 0 Å². The molecule has 1 aliphatic heterocycles. The minimum Gasteiger partial charge on any atom is -0.390 e. The maximum atomic E-state index is 10.5. The van der Waals surface area contributed by atoms with Crippen molar-refractivity contribution >= 4 is 0 Å². The highest BCUT2D eigenvalue weighted by molar-refractivity contribution is 5.31. The molecule has 0 amide bonds. The summed E-state index contributed by atoms with van der Waals surface area (Å²) in [7, 11) is 0. The predicted molar refractivity (Wildman–Crippen MR) is 74.2 cm³/mol. The summed E-state index contributed by atoms with van der Waals surface area (Å²) in [5.41, 5.74) is 2.36. The highest BCUT2D eigenvalue weighted by Gasteiger charge is 2.28. The maximum absolute atomic E-state index is 10.5. The third-order valence-electron chi connectivity index (χ3n) is 3.77. The van der Waals surface area contributed by atoms with Gasteiger partial charge in [0.05, 0.1) is 12.7 Å². The molecule has 5 nitrogen and oxygen atoms in total. The minimum atomic E-state index is -0.606. The van der Waals surface area contributed by atoms with Crippen LogP contribution < -0.4 is 0 Å². The number of aryl methyl sites for hydroxylation is 1. The number of aliphatic hydroxyl groups is 1. The zero-order valence-corrected chi connectivity index (χ0v) is 11.6. The normalized spacial score (nSPS) is 19.6. The first-order chi connectivity index (χ1) is 9.79. The van der Waals surface area contributed by atoms with E-state index in [1.807, 2.05) is 25.1 Å². The van der Waals surface area contributed by atoms with Crippen molar-refractivity contribution in [3.05, 3.63) is 47.5 Å². The van der Waals surface area contributed by atoms with E-state index in [2.05, 4.69) is 16.1 Å². The molecule has 1 N–H and O–H groups in total. The van der Waals surface area contributed by atoms with Gasteiger partial charge in [-0.3, -0.25) is 4.68 Å². The first-order valence-electron chi connectivity index (χ1n) is 7.03. The van der Waals surface area contributed by atoms with Gasteiger partial charge in [-0.15, -0.1) is 0 Å². The lowest BCUT2D eigenvalue weighted by Gasteiger charge is -2.29. The molecule has 2 atom stereocenters.